The number of esters is 1. The average Bonchev–Trinajstić information content (AvgIpc) is 2.66. The van der Waals surface area contributed by atoms with Crippen LogP contribution in [0.25, 0.3) is 0 Å². The largest absolute Gasteiger partial charge is 0.465 e. The molecule has 0 aromatic carbocycles. The van der Waals surface area contributed by atoms with Crippen LogP contribution >= 0.6 is 0 Å². The van der Waals surface area contributed by atoms with Crippen molar-refractivity contribution in [2.45, 2.75) is 39.2 Å². The first kappa shape index (κ1) is 16.9. The van der Waals surface area contributed by atoms with Crippen LogP contribution in [0.3, 0.4) is 0 Å². The fraction of sp³-hybridized carbons (Fsp3) is 0.692. The molecule has 2 N–H and O–H groups in total. The summed E-state index contributed by atoms with van der Waals surface area (Å²) in [6.07, 6.45) is 1.88. The van der Waals surface area contributed by atoms with Gasteiger partial charge < -0.3 is 15.4 Å². The summed E-state index contributed by atoms with van der Waals surface area (Å²) in [5.41, 5.74) is 0. The molecule has 118 valence electrons. The molecule has 0 unspecified atom stereocenters. The summed E-state index contributed by atoms with van der Waals surface area (Å²) in [6.45, 7) is 3.47. The van der Waals surface area contributed by atoms with E-state index in [-0.39, 0.29) is 19.1 Å². The van der Waals surface area contributed by atoms with Crippen molar-refractivity contribution in [1.29, 1.82) is 0 Å². The Morgan fingerprint density at radius 2 is 2.05 bits per heavy atom. The van der Waals surface area contributed by atoms with E-state index in [0.717, 1.165) is 11.3 Å². The van der Waals surface area contributed by atoms with Gasteiger partial charge in [-0.25, -0.2) is 4.79 Å². The third kappa shape index (κ3) is 5.41. The second-order valence-electron chi connectivity index (χ2n) is 4.71. The minimum atomic E-state index is -0.607. The number of imide groups is 1. The molecule has 1 saturated heterocycles. The minimum absolute atomic E-state index is 0.0964. The fourth-order valence-corrected chi connectivity index (χ4v) is 2.00. The number of unbranched alkanes of at least 4 members (excludes halogenated alkanes) is 1. The lowest BCUT2D eigenvalue weighted by Gasteiger charge is -2.11. The molecule has 0 spiro atoms. The molecule has 0 saturated carbocycles. The van der Waals surface area contributed by atoms with E-state index >= 15 is 0 Å². The van der Waals surface area contributed by atoms with Crippen LogP contribution < -0.4 is 10.6 Å². The molecule has 1 rings (SSSR count). The molecule has 1 fully saturated rings. The number of rotatable bonds is 8. The number of urea groups is 1. The number of nitrogens with one attached hydrogen (secondary N) is 2. The molecule has 1 atom stereocenters. The number of ether oxygens (including phenoxy) is 1. The molecule has 8 heteroatoms. The minimum Gasteiger partial charge on any atom is -0.465 e. The van der Waals surface area contributed by atoms with Crippen LogP contribution in [0.2, 0.25) is 0 Å². The van der Waals surface area contributed by atoms with Crippen LogP contribution in [0, 0.1) is 0 Å². The van der Waals surface area contributed by atoms with E-state index in [1.54, 1.807) is 6.92 Å². The molecule has 4 amide bonds. The third-order valence-electron chi connectivity index (χ3n) is 2.99. The van der Waals surface area contributed by atoms with E-state index in [1.807, 2.05) is 0 Å². The predicted octanol–water partition coefficient (Wildman–Crippen LogP) is -0.224. The van der Waals surface area contributed by atoms with Gasteiger partial charge >= 0.3 is 12.0 Å². The van der Waals surface area contributed by atoms with Crippen LogP contribution in [0.4, 0.5) is 4.79 Å². The first-order valence-corrected chi connectivity index (χ1v) is 6.97. The quantitative estimate of drug-likeness (QED) is 0.366. The van der Waals surface area contributed by atoms with Gasteiger partial charge in [0.05, 0.1) is 6.61 Å². The van der Waals surface area contributed by atoms with Gasteiger partial charge in [-0.05, 0) is 26.2 Å². The van der Waals surface area contributed by atoms with Gasteiger partial charge in [0, 0.05) is 13.5 Å². The highest BCUT2D eigenvalue weighted by atomic mass is 16.5. The highest BCUT2D eigenvalue weighted by Gasteiger charge is 2.38. The van der Waals surface area contributed by atoms with Gasteiger partial charge in [0.2, 0.25) is 5.91 Å². The van der Waals surface area contributed by atoms with Crippen molar-refractivity contribution in [2.24, 2.45) is 0 Å². The third-order valence-corrected chi connectivity index (χ3v) is 2.99. The summed E-state index contributed by atoms with van der Waals surface area (Å²) in [5, 5.41) is 5.20. The fourth-order valence-electron chi connectivity index (χ4n) is 2.00. The maximum atomic E-state index is 12.0. The van der Waals surface area contributed by atoms with Gasteiger partial charge in [-0.3, -0.25) is 19.3 Å². The topological polar surface area (TPSA) is 105 Å². The zero-order valence-electron chi connectivity index (χ0n) is 12.3. The molecule has 1 aliphatic heterocycles. The Morgan fingerprint density at radius 1 is 1.33 bits per heavy atom. The Bertz CT molecular complexity index is 424. The molecular weight excluding hydrogens is 278 g/mol. The van der Waals surface area contributed by atoms with Crippen LogP contribution in [0.15, 0.2) is 0 Å². The van der Waals surface area contributed by atoms with Crippen molar-refractivity contribution < 1.29 is 23.9 Å². The molecule has 0 aliphatic carbocycles. The Hall–Kier alpha value is -2.12. The first-order chi connectivity index (χ1) is 9.95. The van der Waals surface area contributed by atoms with Crippen molar-refractivity contribution in [2.75, 3.05) is 19.7 Å². The van der Waals surface area contributed by atoms with Crippen molar-refractivity contribution >= 4 is 23.8 Å². The van der Waals surface area contributed by atoms with Crippen molar-refractivity contribution in [3.05, 3.63) is 0 Å². The van der Waals surface area contributed by atoms with Crippen LogP contribution in [-0.4, -0.2) is 54.5 Å². The molecular formula is C13H21N3O5. The smallest absolute Gasteiger partial charge is 0.326 e. The van der Waals surface area contributed by atoms with Gasteiger partial charge in [0.25, 0.3) is 5.91 Å². The molecule has 0 aromatic rings. The molecule has 1 heterocycles. The van der Waals surface area contributed by atoms with Gasteiger partial charge in [-0.15, -0.1) is 0 Å². The van der Waals surface area contributed by atoms with Crippen LogP contribution in [0.5, 0.6) is 0 Å². The predicted molar refractivity (Wildman–Crippen MR) is 73.2 cm³/mol. The van der Waals surface area contributed by atoms with E-state index in [0.29, 0.717) is 19.4 Å². The first-order valence-electron chi connectivity index (χ1n) is 6.97. The van der Waals surface area contributed by atoms with Gasteiger partial charge in [-0.1, -0.05) is 0 Å². The molecule has 0 aromatic heterocycles. The zero-order valence-corrected chi connectivity index (χ0v) is 12.3. The van der Waals surface area contributed by atoms with Gasteiger partial charge in [0.1, 0.15) is 12.6 Å². The maximum absolute atomic E-state index is 12.0. The summed E-state index contributed by atoms with van der Waals surface area (Å²) < 4.78 is 4.72. The highest BCUT2D eigenvalue weighted by molar-refractivity contribution is 6.06. The maximum Gasteiger partial charge on any atom is 0.326 e. The molecule has 1 aliphatic rings. The standard InChI is InChI=1S/C13H21N3O5/c1-3-21-11(18)8-16-12(19)10(15-13(16)20)6-4-5-7-14-9(2)17/h10H,3-8H2,1-2H3,(H,14,17)(H,15,20)/t10-/m0/s1. The lowest BCUT2D eigenvalue weighted by Crippen LogP contribution is -2.37. The number of carbonyl (C=O) groups excluding carboxylic acids is 4. The Kier molecular flexibility index (Phi) is 6.64. The van der Waals surface area contributed by atoms with E-state index in [2.05, 4.69) is 10.6 Å². The van der Waals surface area contributed by atoms with Crippen LogP contribution in [-0.2, 0) is 19.1 Å². The molecule has 8 nitrogen and oxygen atoms in total. The lowest BCUT2D eigenvalue weighted by molar-refractivity contribution is -0.146. The van der Waals surface area contributed by atoms with Crippen molar-refractivity contribution in [3.63, 3.8) is 0 Å². The number of hydrogen-bond acceptors (Lipinski definition) is 5. The second-order valence-corrected chi connectivity index (χ2v) is 4.71. The van der Waals surface area contributed by atoms with Crippen molar-refractivity contribution in [1.82, 2.24) is 15.5 Å². The number of hydrogen-bond donors (Lipinski definition) is 2. The van der Waals surface area contributed by atoms with Gasteiger partial charge in [0.15, 0.2) is 0 Å². The van der Waals surface area contributed by atoms with Gasteiger partial charge in [-0.2, -0.15) is 0 Å². The zero-order chi connectivity index (χ0) is 15.8. The second kappa shape index (κ2) is 8.23. The normalized spacial score (nSPS) is 17.6. The van der Waals surface area contributed by atoms with Crippen molar-refractivity contribution in [3.8, 4) is 0 Å². The number of carbonyl (C=O) groups is 4. The Labute approximate surface area is 123 Å². The molecule has 0 bridgehead atoms. The van der Waals surface area contributed by atoms with E-state index < -0.39 is 23.9 Å². The summed E-state index contributed by atoms with van der Waals surface area (Å²) in [6, 6.07) is -1.18. The van der Waals surface area contributed by atoms with E-state index in [9.17, 15) is 19.2 Å². The molecule has 0 radical (unpaired) electrons. The SMILES string of the molecule is CCOC(=O)CN1C(=O)N[C@@H](CCCCNC(C)=O)C1=O. The summed E-state index contributed by atoms with van der Waals surface area (Å²) >= 11 is 0. The Morgan fingerprint density at radius 3 is 2.67 bits per heavy atom. The van der Waals surface area contributed by atoms with E-state index in [4.69, 9.17) is 4.74 Å². The van der Waals surface area contributed by atoms with E-state index in [1.165, 1.54) is 6.92 Å². The summed E-state index contributed by atoms with van der Waals surface area (Å²) in [7, 11) is 0. The molecule has 21 heavy (non-hydrogen) atoms. The lowest BCUT2D eigenvalue weighted by atomic mass is 10.1. The summed E-state index contributed by atoms with van der Waals surface area (Å²) in [4.78, 5) is 46.5. The number of nitrogens with zero attached hydrogens (tertiary/aromatic N) is 1. The average molecular weight is 299 g/mol. The monoisotopic (exact) mass is 299 g/mol. The summed E-state index contributed by atoms with van der Waals surface area (Å²) in [5.74, 6) is -1.11. The van der Waals surface area contributed by atoms with Crippen LogP contribution in [0.1, 0.15) is 33.1 Å². The highest BCUT2D eigenvalue weighted by Crippen LogP contribution is 2.12. The Balaban J connectivity index is 2.35. The number of amides is 4.